The molecule has 0 aliphatic heterocycles. The molecule has 1 heterocycles. The Hall–Kier alpha value is -3.88. The van der Waals surface area contributed by atoms with Crippen molar-refractivity contribution in [2.75, 3.05) is 11.9 Å². The van der Waals surface area contributed by atoms with Gasteiger partial charge in [-0.05, 0) is 35.4 Å². The third-order valence-corrected chi connectivity index (χ3v) is 4.42. The van der Waals surface area contributed by atoms with Crippen molar-refractivity contribution < 1.29 is 27.9 Å². The van der Waals surface area contributed by atoms with Gasteiger partial charge in [0.2, 0.25) is 0 Å². The van der Waals surface area contributed by atoms with Gasteiger partial charge in [0.15, 0.2) is 0 Å². The average Bonchev–Trinajstić information content (AvgIpc) is 2.78. The van der Waals surface area contributed by atoms with Crippen LogP contribution in [0.25, 0.3) is 0 Å². The number of oxime groups is 1. The van der Waals surface area contributed by atoms with Gasteiger partial charge in [-0.2, -0.15) is 13.2 Å². The fourth-order valence-corrected chi connectivity index (χ4v) is 2.79. The second-order valence-corrected chi connectivity index (χ2v) is 6.85. The van der Waals surface area contributed by atoms with Crippen LogP contribution in [-0.4, -0.2) is 28.3 Å². The Morgan fingerprint density at radius 2 is 1.72 bits per heavy atom. The van der Waals surface area contributed by atoms with Crippen LogP contribution in [0.4, 0.5) is 19.0 Å². The number of alkyl halides is 3. The summed E-state index contributed by atoms with van der Waals surface area (Å²) in [5.74, 6) is -0.597. The van der Waals surface area contributed by atoms with E-state index in [1.807, 2.05) is 30.3 Å². The van der Waals surface area contributed by atoms with E-state index in [0.29, 0.717) is 29.1 Å². The lowest BCUT2D eigenvalue weighted by molar-refractivity contribution is -0.137. The Bertz CT molecular complexity index is 1050. The molecule has 0 amide bonds. The Kier molecular flexibility index (Phi) is 7.43. The van der Waals surface area contributed by atoms with Gasteiger partial charge in [0, 0.05) is 18.2 Å². The molecule has 3 aromatic rings. The maximum absolute atomic E-state index is 12.7. The number of aliphatic carboxylic acids is 1. The molecule has 9 heteroatoms. The highest BCUT2D eigenvalue weighted by Crippen LogP contribution is 2.29. The van der Waals surface area contributed by atoms with Gasteiger partial charge < -0.3 is 15.3 Å². The van der Waals surface area contributed by atoms with E-state index < -0.39 is 17.7 Å². The molecule has 0 radical (unpaired) electrons. The lowest BCUT2D eigenvalue weighted by Gasteiger charge is -2.10. The molecule has 2 N–H and O–H groups in total. The second-order valence-electron chi connectivity index (χ2n) is 6.85. The molecule has 6 nitrogen and oxygen atoms in total. The quantitative estimate of drug-likeness (QED) is 0.368. The summed E-state index contributed by atoms with van der Waals surface area (Å²) in [4.78, 5) is 20.3. The summed E-state index contributed by atoms with van der Waals surface area (Å²) in [7, 11) is 0. The number of hydrogen-bond donors (Lipinski definition) is 2. The predicted molar refractivity (Wildman–Crippen MR) is 113 cm³/mol. The van der Waals surface area contributed by atoms with Gasteiger partial charge in [0.25, 0.3) is 0 Å². The first-order valence-corrected chi connectivity index (χ1v) is 9.62. The van der Waals surface area contributed by atoms with Crippen molar-refractivity contribution in [3.05, 3.63) is 95.2 Å². The minimum absolute atomic E-state index is 0.00209. The summed E-state index contributed by atoms with van der Waals surface area (Å²) < 4.78 is 38.1. The van der Waals surface area contributed by atoms with Gasteiger partial charge in [0.05, 0.1) is 11.3 Å². The lowest BCUT2D eigenvalue weighted by atomic mass is 10.0. The van der Waals surface area contributed by atoms with Gasteiger partial charge in [-0.15, -0.1) is 0 Å². The number of carboxylic acid groups (broad SMARTS) is 1. The SMILES string of the molecule is O=C(O)CNc1ccc(C(Cc2ccccc2)=NOCc2ccc(C(F)(F)F)cc2)cn1. The summed E-state index contributed by atoms with van der Waals surface area (Å²) >= 11 is 0. The molecule has 0 atom stereocenters. The predicted octanol–water partition coefficient (Wildman–Crippen LogP) is 4.76. The topological polar surface area (TPSA) is 83.8 Å². The zero-order valence-corrected chi connectivity index (χ0v) is 16.8. The number of nitrogens with zero attached hydrogens (tertiary/aromatic N) is 2. The third kappa shape index (κ3) is 6.83. The zero-order chi connectivity index (χ0) is 23.0. The fraction of sp³-hybridized carbons (Fsp3) is 0.174. The van der Waals surface area contributed by atoms with Gasteiger partial charge in [-0.25, -0.2) is 4.98 Å². The summed E-state index contributed by atoms with van der Waals surface area (Å²) in [5.41, 5.74) is 2.05. The van der Waals surface area contributed by atoms with Crippen LogP contribution in [0.2, 0.25) is 0 Å². The van der Waals surface area contributed by atoms with Crippen LogP contribution in [0.15, 0.2) is 78.1 Å². The third-order valence-electron chi connectivity index (χ3n) is 4.42. The number of rotatable bonds is 9. The van der Waals surface area contributed by atoms with E-state index in [9.17, 15) is 18.0 Å². The second kappa shape index (κ2) is 10.4. The highest BCUT2D eigenvalue weighted by Gasteiger charge is 2.29. The summed E-state index contributed by atoms with van der Waals surface area (Å²) in [6.45, 7) is -0.254. The van der Waals surface area contributed by atoms with E-state index in [1.54, 1.807) is 18.3 Å². The van der Waals surface area contributed by atoms with Gasteiger partial charge in [-0.1, -0.05) is 47.6 Å². The molecule has 166 valence electrons. The molecule has 0 bridgehead atoms. The molecule has 0 fully saturated rings. The molecule has 0 aliphatic carbocycles. The standard InChI is InChI=1S/C23H20F3N3O3/c24-23(25,26)19-9-6-17(7-10-19)15-32-29-20(12-16-4-2-1-3-5-16)18-8-11-21(27-13-18)28-14-22(30)31/h1-11,13H,12,14-15H2,(H,27,28)(H,30,31). The van der Waals surface area contributed by atoms with Gasteiger partial charge in [0.1, 0.15) is 19.0 Å². The number of halogens is 3. The monoisotopic (exact) mass is 443 g/mol. The zero-order valence-electron chi connectivity index (χ0n) is 16.8. The molecular weight excluding hydrogens is 423 g/mol. The number of anilines is 1. The Labute approximate surface area is 182 Å². The van der Waals surface area contributed by atoms with Crippen molar-refractivity contribution in [3.8, 4) is 0 Å². The van der Waals surface area contributed by atoms with E-state index >= 15 is 0 Å². The van der Waals surface area contributed by atoms with Crippen molar-refractivity contribution in [2.24, 2.45) is 5.16 Å². The number of aromatic nitrogens is 1. The number of pyridine rings is 1. The first-order chi connectivity index (χ1) is 15.3. The molecule has 1 aromatic heterocycles. The average molecular weight is 443 g/mol. The number of hydrogen-bond acceptors (Lipinski definition) is 5. The number of benzene rings is 2. The van der Waals surface area contributed by atoms with E-state index in [-0.39, 0.29) is 13.2 Å². The van der Waals surface area contributed by atoms with Crippen LogP contribution >= 0.6 is 0 Å². The molecule has 0 aliphatic rings. The lowest BCUT2D eigenvalue weighted by Crippen LogP contribution is -2.13. The molecule has 0 saturated carbocycles. The minimum atomic E-state index is -4.39. The normalized spacial score (nSPS) is 11.8. The summed E-state index contributed by atoms with van der Waals surface area (Å²) in [6.07, 6.45) is -2.40. The number of nitrogens with one attached hydrogen (secondary N) is 1. The highest BCUT2D eigenvalue weighted by molar-refractivity contribution is 6.01. The summed E-state index contributed by atoms with van der Waals surface area (Å²) in [6, 6.07) is 17.6. The van der Waals surface area contributed by atoms with E-state index in [1.165, 1.54) is 12.1 Å². The van der Waals surface area contributed by atoms with E-state index in [2.05, 4.69) is 15.5 Å². The van der Waals surface area contributed by atoms with Crippen LogP contribution < -0.4 is 5.32 Å². The maximum atomic E-state index is 12.7. The fourth-order valence-electron chi connectivity index (χ4n) is 2.79. The summed E-state index contributed by atoms with van der Waals surface area (Å²) in [5, 5.41) is 15.6. The highest BCUT2D eigenvalue weighted by atomic mass is 19.4. The smallest absolute Gasteiger partial charge is 0.416 e. The first kappa shape index (κ1) is 22.8. The molecule has 3 rings (SSSR count). The van der Waals surface area contributed by atoms with Crippen LogP contribution in [0.5, 0.6) is 0 Å². The van der Waals surface area contributed by atoms with Crippen molar-refractivity contribution >= 4 is 17.5 Å². The van der Waals surface area contributed by atoms with Crippen LogP contribution in [0, 0.1) is 0 Å². The van der Waals surface area contributed by atoms with Crippen LogP contribution in [0.3, 0.4) is 0 Å². The molecule has 0 unspecified atom stereocenters. The van der Waals surface area contributed by atoms with Crippen LogP contribution in [0.1, 0.15) is 22.3 Å². The van der Waals surface area contributed by atoms with Crippen molar-refractivity contribution in [2.45, 2.75) is 19.2 Å². The molecule has 2 aromatic carbocycles. The van der Waals surface area contributed by atoms with Crippen molar-refractivity contribution in [3.63, 3.8) is 0 Å². The number of carbonyl (C=O) groups is 1. The molecule has 0 spiro atoms. The Morgan fingerprint density at radius 1 is 1.00 bits per heavy atom. The van der Waals surface area contributed by atoms with Gasteiger partial charge in [-0.3, -0.25) is 4.79 Å². The Balaban J connectivity index is 1.73. The minimum Gasteiger partial charge on any atom is -0.480 e. The van der Waals surface area contributed by atoms with E-state index in [4.69, 9.17) is 9.94 Å². The van der Waals surface area contributed by atoms with E-state index in [0.717, 1.165) is 17.7 Å². The largest absolute Gasteiger partial charge is 0.480 e. The maximum Gasteiger partial charge on any atom is 0.416 e. The molecule has 0 saturated heterocycles. The van der Waals surface area contributed by atoms with Crippen molar-refractivity contribution in [1.29, 1.82) is 0 Å². The molecule has 32 heavy (non-hydrogen) atoms. The van der Waals surface area contributed by atoms with Crippen LogP contribution in [-0.2, 0) is 28.8 Å². The van der Waals surface area contributed by atoms with Crippen molar-refractivity contribution in [1.82, 2.24) is 4.98 Å². The number of carboxylic acids is 1. The van der Waals surface area contributed by atoms with Gasteiger partial charge >= 0.3 is 12.1 Å². The molecular formula is C23H20F3N3O3. The Morgan fingerprint density at radius 3 is 2.31 bits per heavy atom. The first-order valence-electron chi connectivity index (χ1n) is 9.62.